The van der Waals surface area contributed by atoms with Gasteiger partial charge < -0.3 is 10.1 Å². The Hall–Kier alpha value is -1.03. The van der Waals surface area contributed by atoms with Crippen molar-refractivity contribution in [2.24, 2.45) is 0 Å². The number of halogens is 1. The van der Waals surface area contributed by atoms with Crippen LogP contribution in [-0.4, -0.2) is 18.6 Å². The van der Waals surface area contributed by atoms with Crippen molar-refractivity contribution >= 4 is 21.8 Å². The molecule has 3 nitrogen and oxygen atoms in total. The Morgan fingerprint density at radius 2 is 2.00 bits per heavy atom. The van der Waals surface area contributed by atoms with E-state index in [0.717, 1.165) is 36.0 Å². The van der Waals surface area contributed by atoms with Crippen molar-refractivity contribution in [1.29, 1.82) is 0 Å². The molecule has 1 N–H and O–H groups in total. The summed E-state index contributed by atoms with van der Waals surface area (Å²) in [5.41, 5.74) is 0. The number of carbonyl (C=O) groups excluding carboxylic acids is 1. The van der Waals surface area contributed by atoms with Crippen LogP contribution in [0.1, 0.15) is 19.3 Å². The first-order valence-corrected chi connectivity index (χ1v) is 6.25. The number of hydrogen-bond acceptors (Lipinski definition) is 2. The highest BCUT2D eigenvalue weighted by Crippen LogP contribution is 2.19. The maximum Gasteiger partial charge on any atom is 0.261 e. The zero-order valence-corrected chi connectivity index (χ0v) is 10.5. The molecule has 1 aromatic carbocycles. The molecule has 1 amide bonds. The van der Waals surface area contributed by atoms with Crippen LogP contribution in [0, 0.1) is 0 Å². The number of carbonyl (C=O) groups is 1. The lowest BCUT2D eigenvalue weighted by Gasteiger charge is -2.15. The second kappa shape index (κ2) is 5.34. The molecule has 1 saturated heterocycles. The van der Waals surface area contributed by atoms with Gasteiger partial charge >= 0.3 is 0 Å². The Morgan fingerprint density at radius 1 is 1.25 bits per heavy atom. The first kappa shape index (κ1) is 11.5. The Morgan fingerprint density at radius 3 is 2.75 bits per heavy atom. The van der Waals surface area contributed by atoms with E-state index in [1.807, 2.05) is 24.3 Å². The van der Waals surface area contributed by atoms with Crippen molar-refractivity contribution in [2.75, 3.05) is 6.54 Å². The van der Waals surface area contributed by atoms with Gasteiger partial charge in [-0.2, -0.15) is 0 Å². The highest BCUT2D eigenvalue weighted by atomic mass is 79.9. The average molecular weight is 284 g/mol. The molecule has 0 spiro atoms. The topological polar surface area (TPSA) is 38.3 Å². The molecule has 0 aromatic heterocycles. The molecule has 4 heteroatoms. The number of rotatable bonds is 2. The van der Waals surface area contributed by atoms with Crippen LogP contribution in [0.25, 0.3) is 0 Å². The highest BCUT2D eigenvalue weighted by molar-refractivity contribution is 9.10. The molecular formula is C12H14BrNO2. The average Bonchev–Trinajstić information content (AvgIpc) is 2.48. The number of hydrogen-bond donors (Lipinski definition) is 1. The molecule has 1 heterocycles. The molecule has 0 bridgehead atoms. The zero-order chi connectivity index (χ0) is 11.4. The molecule has 0 saturated carbocycles. The van der Waals surface area contributed by atoms with Gasteiger partial charge in [0.1, 0.15) is 5.75 Å². The van der Waals surface area contributed by atoms with Crippen LogP contribution in [0.2, 0.25) is 0 Å². The molecule has 0 unspecified atom stereocenters. The van der Waals surface area contributed by atoms with Crippen LogP contribution < -0.4 is 10.1 Å². The number of benzene rings is 1. The van der Waals surface area contributed by atoms with E-state index in [9.17, 15) is 4.79 Å². The van der Waals surface area contributed by atoms with Gasteiger partial charge in [0.25, 0.3) is 5.91 Å². The number of ether oxygens (including phenoxy) is 1. The van der Waals surface area contributed by atoms with Crippen LogP contribution in [-0.2, 0) is 4.79 Å². The molecule has 2 rings (SSSR count). The first-order valence-electron chi connectivity index (χ1n) is 5.45. The van der Waals surface area contributed by atoms with Gasteiger partial charge in [-0.25, -0.2) is 0 Å². The molecule has 1 aromatic rings. The standard InChI is InChI=1S/C12H14BrNO2/c13-9-4-6-10(7-5-9)16-11-3-1-2-8-14-12(11)15/h4-7,11H,1-3,8H2,(H,14,15)/t11-/m1/s1. The van der Waals surface area contributed by atoms with E-state index in [1.54, 1.807) is 0 Å². The molecule has 1 aliphatic rings. The normalized spacial score (nSPS) is 21.1. The molecule has 1 fully saturated rings. The minimum Gasteiger partial charge on any atom is -0.481 e. The van der Waals surface area contributed by atoms with E-state index >= 15 is 0 Å². The summed E-state index contributed by atoms with van der Waals surface area (Å²) in [6.07, 6.45) is 2.51. The Balaban J connectivity index is 2.02. The molecule has 0 aliphatic carbocycles. The number of amides is 1. The second-order valence-corrected chi connectivity index (χ2v) is 4.76. The van der Waals surface area contributed by atoms with Gasteiger partial charge in [-0.3, -0.25) is 4.79 Å². The predicted molar refractivity (Wildman–Crippen MR) is 65.4 cm³/mol. The third-order valence-electron chi connectivity index (χ3n) is 2.58. The molecule has 0 radical (unpaired) electrons. The van der Waals surface area contributed by atoms with E-state index in [1.165, 1.54) is 0 Å². The van der Waals surface area contributed by atoms with Crippen molar-refractivity contribution in [2.45, 2.75) is 25.4 Å². The maximum absolute atomic E-state index is 11.6. The molecule has 86 valence electrons. The van der Waals surface area contributed by atoms with Gasteiger partial charge in [-0.15, -0.1) is 0 Å². The zero-order valence-electron chi connectivity index (χ0n) is 8.91. The third-order valence-corrected chi connectivity index (χ3v) is 3.11. The van der Waals surface area contributed by atoms with Crippen LogP contribution in [0.5, 0.6) is 5.75 Å². The first-order chi connectivity index (χ1) is 7.75. The summed E-state index contributed by atoms with van der Waals surface area (Å²) >= 11 is 3.36. The van der Waals surface area contributed by atoms with Gasteiger partial charge in [-0.05, 0) is 43.5 Å². The summed E-state index contributed by atoms with van der Waals surface area (Å²) in [5, 5.41) is 2.85. The van der Waals surface area contributed by atoms with Crippen LogP contribution in [0.15, 0.2) is 28.7 Å². The van der Waals surface area contributed by atoms with Crippen molar-refractivity contribution in [3.8, 4) is 5.75 Å². The Labute approximate surface area is 103 Å². The summed E-state index contributed by atoms with van der Waals surface area (Å²) < 4.78 is 6.67. The smallest absolute Gasteiger partial charge is 0.261 e. The van der Waals surface area contributed by atoms with Crippen molar-refractivity contribution in [3.63, 3.8) is 0 Å². The van der Waals surface area contributed by atoms with E-state index in [4.69, 9.17) is 4.74 Å². The summed E-state index contributed by atoms with van der Waals surface area (Å²) in [6, 6.07) is 7.54. The van der Waals surface area contributed by atoms with Gasteiger partial charge in [0.2, 0.25) is 0 Å². The maximum atomic E-state index is 11.6. The van der Waals surface area contributed by atoms with Gasteiger partial charge in [0.05, 0.1) is 0 Å². The van der Waals surface area contributed by atoms with E-state index < -0.39 is 0 Å². The van der Waals surface area contributed by atoms with Gasteiger partial charge in [0.15, 0.2) is 6.10 Å². The monoisotopic (exact) mass is 283 g/mol. The Kier molecular flexibility index (Phi) is 3.83. The highest BCUT2D eigenvalue weighted by Gasteiger charge is 2.21. The van der Waals surface area contributed by atoms with E-state index in [-0.39, 0.29) is 12.0 Å². The molecular weight excluding hydrogens is 270 g/mol. The minimum atomic E-state index is -0.344. The fourth-order valence-electron chi connectivity index (χ4n) is 1.70. The van der Waals surface area contributed by atoms with Crippen molar-refractivity contribution in [1.82, 2.24) is 5.32 Å². The van der Waals surface area contributed by atoms with Gasteiger partial charge in [-0.1, -0.05) is 15.9 Å². The third kappa shape index (κ3) is 2.98. The van der Waals surface area contributed by atoms with Crippen LogP contribution in [0.4, 0.5) is 0 Å². The quantitative estimate of drug-likeness (QED) is 0.906. The van der Waals surface area contributed by atoms with Crippen molar-refractivity contribution < 1.29 is 9.53 Å². The Bertz CT molecular complexity index is 364. The lowest BCUT2D eigenvalue weighted by atomic mass is 10.2. The summed E-state index contributed by atoms with van der Waals surface area (Å²) in [4.78, 5) is 11.6. The summed E-state index contributed by atoms with van der Waals surface area (Å²) in [7, 11) is 0. The van der Waals surface area contributed by atoms with E-state index in [2.05, 4.69) is 21.2 Å². The predicted octanol–water partition coefficient (Wildman–Crippen LogP) is 2.50. The summed E-state index contributed by atoms with van der Waals surface area (Å²) in [5.74, 6) is 0.741. The second-order valence-electron chi connectivity index (χ2n) is 3.85. The fourth-order valence-corrected chi connectivity index (χ4v) is 1.97. The van der Waals surface area contributed by atoms with Crippen LogP contribution in [0.3, 0.4) is 0 Å². The van der Waals surface area contributed by atoms with Crippen molar-refractivity contribution in [3.05, 3.63) is 28.7 Å². The van der Waals surface area contributed by atoms with E-state index in [0.29, 0.717) is 0 Å². The fraction of sp³-hybridized carbons (Fsp3) is 0.417. The SMILES string of the molecule is O=C1NCCCC[C@H]1Oc1ccc(Br)cc1. The number of nitrogens with one attached hydrogen (secondary N) is 1. The lowest BCUT2D eigenvalue weighted by Crippen LogP contribution is -2.36. The molecule has 1 atom stereocenters. The van der Waals surface area contributed by atoms with Gasteiger partial charge in [0, 0.05) is 11.0 Å². The molecule has 16 heavy (non-hydrogen) atoms. The largest absolute Gasteiger partial charge is 0.481 e. The van der Waals surface area contributed by atoms with Crippen LogP contribution >= 0.6 is 15.9 Å². The lowest BCUT2D eigenvalue weighted by molar-refractivity contribution is -0.127. The molecule has 1 aliphatic heterocycles. The summed E-state index contributed by atoms with van der Waals surface area (Å²) in [6.45, 7) is 0.763. The minimum absolute atomic E-state index is 0.000388.